The summed E-state index contributed by atoms with van der Waals surface area (Å²) in [4.78, 5) is 2.44. The smallest absolute Gasteiger partial charge is 0.124 e. The molecule has 3 aliphatic heterocycles. The number of piperidine rings is 1. The number of rotatable bonds is 0. The van der Waals surface area contributed by atoms with Crippen LogP contribution in [0, 0.1) is 0 Å². The highest BCUT2D eigenvalue weighted by atomic mass is 35.5. The van der Waals surface area contributed by atoms with Crippen LogP contribution in [0.2, 0.25) is 0 Å². The summed E-state index contributed by atoms with van der Waals surface area (Å²) in [5, 5.41) is 6.76. The largest absolute Gasteiger partial charge is 0.367 e. The lowest BCUT2D eigenvalue weighted by atomic mass is 10.0. The van der Waals surface area contributed by atoms with Crippen LogP contribution >= 0.6 is 11.6 Å². The van der Waals surface area contributed by atoms with Crippen LogP contribution in [0.15, 0.2) is 23.7 Å². The number of halogens is 1. The van der Waals surface area contributed by atoms with Crippen LogP contribution < -0.4 is 10.6 Å². The minimum Gasteiger partial charge on any atom is -0.367 e. The van der Waals surface area contributed by atoms with Crippen molar-refractivity contribution in [2.75, 3.05) is 13.1 Å². The number of allylic oxidation sites excluding steroid dienone is 1. The Morgan fingerprint density at radius 2 is 2.36 bits per heavy atom. The number of hydrogen-bond acceptors (Lipinski definition) is 3. The molecule has 0 saturated carbocycles. The predicted octanol–water partition coefficient (Wildman–Crippen LogP) is 0.947. The van der Waals surface area contributed by atoms with E-state index in [0.29, 0.717) is 6.04 Å². The molecule has 2 N–H and O–H groups in total. The Morgan fingerprint density at radius 3 is 3.29 bits per heavy atom. The molecule has 2 bridgehead atoms. The number of hydrogen-bond donors (Lipinski definition) is 2. The first-order chi connectivity index (χ1) is 6.83. The van der Waals surface area contributed by atoms with Crippen LogP contribution in [-0.2, 0) is 0 Å². The predicted molar refractivity (Wildman–Crippen MR) is 56.7 cm³/mol. The van der Waals surface area contributed by atoms with Crippen LogP contribution in [0.4, 0.5) is 0 Å². The van der Waals surface area contributed by atoms with Gasteiger partial charge in [-0.1, -0.05) is 11.6 Å². The van der Waals surface area contributed by atoms with E-state index in [1.165, 1.54) is 25.1 Å². The van der Waals surface area contributed by atoms with Crippen LogP contribution in [-0.4, -0.2) is 29.5 Å². The quantitative estimate of drug-likeness (QED) is 0.462. The number of nitrogens with zero attached hydrogens (tertiary/aromatic N) is 1. The molecule has 0 aliphatic carbocycles. The Balaban J connectivity index is 1.93. The molecule has 14 heavy (non-hydrogen) atoms. The molecule has 2 atom stereocenters. The second-order valence-electron chi connectivity index (χ2n) is 4.09. The van der Waals surface area contributed by atoms with Gasteiger partial charge in [0.1, 0.15) is 11.3 Å². The molecule has 0 aromatic carbocycles. The van der Waals surface area contributed by atoms with Crippen LogP contribution in [0.3, 0.4) is 0 Å². The highest BCUT2D eigenvalue weighted by Gasteiger charge is 2.30. The fourth-order valence-corrected chi connectivity index (χ4v) is 2.60. The fraction of sp³-hybridized carbons (Fsp3) is 0.600. The van der Waals surface area contributed by atoms with Gasteiger partial charge in [-0.2, -0.15) is 0 Å². The minimum absolute atomic E-state index is 0.0683. The molecule has 0 spiro atoms. The van der Waals surface area contributed by atoms with Crippen molar-refractivity contribution in [2.45, 2.75) is 24.4 Å². The fourth-order valence-electron chi connectivity index (χ4n) is 2.42. The SMILES string of the molecule is ClC1C=CC2=C(N1)NC1CCCN2C1. The summed E-state index contributed by atoms with van der Waals surface area (Å²) in [6, 6.07) is 0.602. The van der Waals surface area contributed by atoms with Crippen molar-refractivity contribution in [3.63, 3.8) is 0 Å². The van der Waals surface area contributed by atoms with Crippen LogP contribution in [0.25, 0.3) is 0 Å². The molecule has 0 amide bonds. The van der Waals surface area contributed by atoms with Gasteiger partial charge in [-0.15, -0.1) is 0 Å². The number of alkyl halides is 1. The first kappa shape index (κ1) is 8.48. The van der Waals surface area contributed by atoms with Gasteiger partial charge in [0.25, 0.3) is 0 Å². The Labute approximate surface area is 88.8 Å². The molecule has 4 heteroatoms. The molecule has 3 rings (SSSR count). The maximum Gasteiger partial charge on any atom is 0.124 e. The minimum atomic E-state index is -0.0683. The first-order valence-corrected chi connectivity index (χ1v) is 5.61. The normalized spacial score (nSPS) is 34.8. The first-order valence-electron chi connectivity index (χ1n) is 5.17. The topological polar surface area (TPSA) is 27.3 Å². The Bertz CT molecular complexity index is 310. The lowest BCUT2D eigenvalue weighted by Gasteiger charge is -2.43. The molecule has 2 unspecified atom stereocenters. The highest BCUT2D eigenvalue weighted by Crippen LogP contribution is 2.25. The van der Waals surface area contributed by atoms with Gasteiger partial charge < -0.3 is 15.5 Å². The van der Waals surface area contributed by atoms with Crippen molar-refractivity contribution in [1.29, 1.82) is 0 Å². The maximum absolute atomic E-state index is 6.00. The third-order valence-electron chi connectivity index (χ3n) is 3.07. The number of fused-ring (bicyclic) bond motifs is 3. The summed E-state index contributed by atoms with van der Waals surface area (Å²) < 4.78 is 0. The standard InChI is InChI=1S/C10H14ClN3/c11-9-4-3-8-10(13-9)12-7-2-1-5-14(8)6-7/h3-4,7,9,12-13H,1-2,5-6H2. The lowest BCUT2D eigenvalue weighted by Crippen LogP contribution is -2.54. The molecule has 1 saturated heterocycles. The summed E-state index contributed by atoms with van der Waals surface area (Å²) in [6.07, 6.45) is 6.67. The van der Waals surface area contributed by atoms with E-state index in [-0.39, 0.29) is 5.50 Å². The number of dihydropyridines is 1. The van der Waals surface area contributed by atoms with E-state index >= 15 is 0 Å². The molecule has 0 aromatic heterocycles. The monoisotopic (exact) mass is 211 g/mol. The molecule has 3 aliphatic rings. The Morgan fingerprint density at radius 1 is 1.43 bits per heavy atom. The van der Waals surface area contributed by atoms with Crippen molar-refractivity contribution >= 4 is 11.6 Å². The summed E-state index contributed by atoms with van der Waals surface area (Å²) in [5.41, 5.74) is 1.21. The molecule has 1 fully saturated rings. The second kappa shape index (κ2) is 3.09. The molecule has 0 aromatic rings. The molecule has 3 heterocycles. The third kappa shape index (κ3) is 1.27. The van der Waals surface area contributed by atoms with Crippen LogP contribution in [0.1, 0.15) is 12.8 Å². The van der Waals surface area contributed by atoms with E-state index in [4.69, 9.17) is 11.6 Å². The summed E-state index contributed by atoms with van der Waals surface area (Å²) in [5.74, 6) is 1.11. The zero-order valence-electron chi connectivity index (χ0n) is 7.96. The molecule has 0 radical (unpaired) electrons. The molecular formula is C10H14ClN3. The van der Waals surface area contributed by atoms with E-state index < -0.39 is 0 Å². The van der Waals surface area contributed by atoms with Crippen molar-refractivity contribution in [1.82, 2.24) is 15.5 Å². The van der Waals surface area contributed by atoms with Crippen molar-refractivity contribution in [3.05, 3.63) is 23.7 Å². The molecule has 3 nitrogen and oxygen atoms in total. The molecular weight excluding hydrogens is 198 g/mol. The van der Waals surface area contributed by atoms with Gasteiger partial charge in [0.2, 0.25) is 0 Å². The van der Waals surface area contributed by atoms with Gasteiger partial charge in [0.15, 0.2) is 0 Å². The van der Waals surface area contributed by atoms with Crippen molar-refractivity contribution < 1.29 is 0 Å². The average molecular weight is 212 g/mol. The van der Waals surface area contributed by atoms with Gasteiger partial charge in [-0.05, 0) is 25.0 Å². The Hall–Kier alpha value is -0.830. The van der Waals surface area contributed by atoms with Gasteiger partial charge >= 0.3 is 0 Å². The summed E-state index contributed by atoms with van der Waals surface area (Å²) in [6.45, 7) is 2.31. The van der Waals surface area contributed by atoms with E-state index in [2.05, 4.69) is 21.6 Å². The lowest BCUT2D eigenvalue weighted by molar-refractivity contribution is 0.215. The molecule has 76 valence electrons. The second-order valence-corrected chi connectivity index (χ2v) is 4.57. The maximum atomic E-state index is 6.00. The van der Waals surface area contributed by atoms with Gasteiger partial charge in [0.05, 0.1) is 5.70 Å². The van der Waals surface area contributed by atoms with Gasteiger partial charge in [0, 0.05) is 19.1 Å². The Kier molecular flexibility index (Phi) is 1.87. The zero-order valence-corrected chi connectivity index (χ0v) is 8.72. The van der Waals surface area contributed by atoms with Crippen molar-refractivity contribution in [2.24, 2.45) is 0 Å². The van der Waals surface area contributed by atoms with Crippen molar-refractivity contribution in [3.8, 4) is 0 Å². The van der Waals surface area contributed by atoms with E-state index in [0.717, 1.165) is 12.4 Å². The number of nitrogens with one attached hydrogen (secondary N) is 2. The van der Waals surface area contributed by atoms with E-state index in [1.54, 1.807) is 0 Å². The van der Waals surface area contributed by atoms with E-state index in [1.807, 2.05) is 6.08 Å². The summed E-state index contributed by atoms with van der Waals surface area (Å²) >= 11 is 6.00. The third-order valence-corrected chi connectivity index (χ3v) is 3.33. The highest BCUT2D eigenvalue weighted by molar-refractivity contribution is 6.21. The van der Waals surface area contributed by atoms with E-state index in [9.17, 15) is 0 Å². The zero-order chi connectivity index (χ0) is 9.54. The summed E-state index contributed by atoms with van der Waals surface area (Å²) in [7, 11) is 0. The average Bonchev–Trinajstić information content (AvgIpc) is 2.17. The van der Waals surface area contributed by atoms with Crippen LogP contribution in [0.5, 0.6) is 0 Å². The van der Waals surface area contributed by atoms with Gasteiger partial charge in [-0.3, -0.25) is 0 Å². The van der Waals surface area contributed by atoms with Gasteiger partial charge in [-0.25, -0.2) is 0 Å².